The number of amides is 2. The third kappa shape index (κ3) is 3.85. The molecule has 0 saturated carbocycles. The Kier molecular flexibility index (Phi) is 5.41. The highest BCUT2D eigenvalue weighted by atomic mass is 16.5. The topological polar surface area (TPSA) is 82.1 Å². The minimum Gasteiger partial charge on any atom is -0.480 e. The molecule has 0 bridgehead atoms. The van der Waals surface area contributed by atoms with Gasteiger partial charge in [-0.05, 0) is 25.4 Å². The van der Waals surface area contributed by atoms with Gasteiger partial charge in [0.05, 0.1) is 6.10 Å². The summed E-state index contributed by atoms with van der Waals surface area (Å²) in [6.07, 6.45) is 1.24. The Morgan fingerprint density at radius 3 is 2.71 bits per heavy atom. The number of carboxylic acid groups (broad SMARTS) is 1. The van der Waals surface area contributed by atoms with E-state index in [0.717, 1.165) is 26.1 Å². The van der Waals surface area contributed by atoms with Crippen molar-refractivity contribution >= 4 is 12.0 Å². The third-order valence-corrected chi connectivity index (χ3v) is 4.50. The van der Waals surface area contributed by atoms with Gasteiger partial charge in [-0.15, -0.1) is 0 Å². The Bertz CT molecular complexity index is 390. The van der Waals surface area contributed by atoms with Gasteiger partial charge in [-0.25, -0.2) is 9.59 Å². The number of aliphatic carboxylic acids is 1. The highest BCUT2D eigenvalue weighted by molar-refractivity contribution is 5.83. The highest BCUT2D eigenvalue weighted by Gasteiger charge is 2.40. The van der Waals surface area contributed by atoms with Crippen LogP contribution in [0.5, 0.6) is 0 Å². The van der Waals surface area contributed by atoms with Crippen LogP contribution in [0, 0.1) is 5.92 Å². The summed E-state index contributed by atoms with van der Waals surface area (Å²) in [5.41, 5.74) is 0. The number of methoxy groups -OCH3 is 1. The zero-order valence-electron chi connectivity index (χ0n) is 12.7. The van der Waals surface area contributed by atoms with Crippen LogP contribution in [0.2, 0.25) is 0 Å². The zero-order chi connectivity index (χ0) is 15.4. The Balaban J connectivity index is 1.83. The molecule has 2 aliphatic heterocycles. The largest absolute Gasteiger partial charge is 0.480 e. The van der Waals surface area contributed by atoms with Crippen molar-refractivity contribution in [2.75, 3.05) is 39.8 Å². The van der Waals surface area contributed by atoms with Crippen molar-refractivity contribution in [1.29, 1.82) is 0 Å². The van der Waals surface area contributed by atoms with Crippen LogP contribution in [0.1, 0.15) is 19.8 Å². The van der Waals surface area contributed by atoms with Crippen molar-refractivity contribution in [3.8, 4) is 0 Å². The van der Waals surface area contributed by atoms with Gasteiger partial charge in [-0.2, -0.15) is 0 Å². The first-order valence-corrected chi connectivity index (χ1v) is 7.57. The molecule has 2 heterocycles. The molecule has 2 rings (SSSR count). The Morgan fingerprint density at radius 2 is 2.14 bits per heavy atom. The fraction of sp³-hybridized carbons (Fsp3) is 0.857. The van der Waals surface area contributed by atoms with E-state index in [1.54, 1.807) is 7.11 Å². The van der Waals surface area contributed by atoms with Gasteiger partial charge in [0.15, 0.2) is 0 Å². The maximum atomic E-state index is 12.2. The molecule has 7 heteroatoms. The predicted octanol–water partition coefficient (Wildman–Crippen LogP) is 0.212. The van der Waals surface area contributed by atoms with Gasteiger partial charge in [0, 0.05) is 33.2 Å². The first-order valence-electron chi connectivity index (χ1n) is 7.57. The van der Waals surface area contributed by atoms with Crippen LogP contribution in [-0.2, 0) is 9.53 Å². The molecule has 120 valence electrons. The summed E-state index contributed by atoms with van der Waals surface area (Å²) < 4.78 is 5.19. The number of carbonyl (C=O) groups excluding carboxylic acids is 1. The van der Waals surface area contributed by atoms with Gasteiger partial charge in [0.1, 0.15) is 6.04 Å². The molecule has 21 heavy (non-hydrogen) atoms. The number of nitrogens with one attached hydrogen (secondary N) is 1. The average molecular weight is 299 g/mol. The lowest BCUT2D eigenvalue weighted by molar-refractivity contribution is -0.141. The third-order valence-electron chi connectivity index (χ3n) is 4.50. The molecule has 0 aromatic heterocycles. The smallest absolute Gasteiger partial charge is 0.326 e. The number of nitrogens with zero attached hydrogens (tertiary/aromatic N) is 2. The number of rotatable bonds is 5. The van der Waals surface area contributed by atoms with E-state index in [1.165, 1.54) is 4.90 Å². The van der Waals surface area contributed by atoms with E-state index in [-0.39, 0.29) is 12.1 Å². The quantitative estimate of drug-likeness (QED) is 0.758. The fourth-order valence-corrected chi connectivity index (χ4v) is 3.13. The van der Waals surface area contributed by atoms with Gasteiger partial charge in [-0.1, -0.05) is 6.92 Å². The molecular formula is C14H25N3O4. The second kappa shape index (κ2) is 7.09. The lowest BCUT2D eigenvalue weighted by atomic mass is 10.1. The number of hydrogen-bond acceptors (Lipinski definition) is 4. The monoisotopic (exact) mass is 299 g/mol. The first kappa shape index (κ1) is 16.0. The van der Waals surface area contributed by atoms with E-state index in [0.29, 0.717) is 25.4 Å². The molecule has 0 aromatic rings. The molecule has 3 atom stereocenters. The van der Waals surface area contributed by atoms with Crippen LogP contribution in [0.3, 0.4) is 0 Å². The molecule has 7 nitrogen and oxygen atoms in total. The number of hydrogen-bond donors (Lipinski definition) is 2. The van der Waals surface area contributed by atoms with Crippen molar-refractivity contribution < 1.29 is 19.4 Å². The molecule has 0 spiro atoms. The molecule has 2 saturated heterocycles. The van der Waals surface area contributed by atoms with E-state index in [2.05, 4.69) is 17.1 Å². The average Bonchev–Trinajstić information content (AvgIpc) is 3.11. The van der Waals surface area contributed by atoms with Crippen LogP contribution in [0.4, 0.5) is 4.79 Å². The van der Waals surface area contributed by atoms with Crippen LogP contribution in [0.25, 0.3) is 0 Å². The molecule has 0 aromatic carbocycles. The molecule has 2 amide bonds. The number of urea groups is 1. The van der Waals surface area contributed by atoms with Gasteiger partial charge >= 0.3 is 12.0 Å². The van der Waals surface area contributed by atoms with E-state index >= 15 is 0 Å². The summed E-state index contributed by atoms with van der Waals surface area (Å²) in [5, 5.41) is 12.1. The minimum atomic E-state index is -0.970. The summed E-state index contributed by atoms with van der Waals surface area (Å²) in [5.74, 6) is -0.513. The van der Waals surface area contributed by atoms with Crippen LogP contribution >= 0.6 is 0 Å². The van der Waals surface area contributed by atoms with Gasteiger partial charge < -0.3 is 25.0 Å². The van der Waals surface area contributed by atoms with Crippen LogP contribution in [-0.4, -0.2) is 78.9 Å². The van der Waals surface area contributed by atoms with E-state index in [4.69, 9.17) is 4.74 Å². The van der Waals surface area contributed by atoms with Gasteiger partial charge in [0.25, 0.3) is 0 Å². The normalized spacial score (nSPS) is 29.8. The van der Waals surface area contributed by atoms with Crippen molar-refractivity contribution in [3.63, 3.8) is 0 Å². The molecule has 2 N–H and O–H groups in total. The Morgan fingerprint density at radius 1 is 1.38 bits per heavy atom. The standard InChI is InChI=1S/C14H25N3O4/c1-3-16-5-4-10(8-16)7-15-14(20)17-9-11(21-2)6-12(17)13(18)19/h10-12H,3-9H2,1-2H3,(H,15,20)(H,18,19). The van der Waals surface area contributed by atoms with Crippen molar-refractivity contribution in [3.05, 3.63) is 0 Å². The fourth-order valence-electron chi connectivity index (χ4n) is 3.13. The summed E-state index contributed by atoms with van der Waals surface area (Å²) in [6, 6.07) is -1.08. The lowest BCUT2D eigenvalue weighted by Crippen LogP contribution is -2.47. The maximum Gasteiger partial charge on any atom is 0.326 e. The maximum absolute atomic E-state index is 12.2. The molecule has 3 unspecified atom stereocenters. The molecular weight excluding hydrogens is 274 g/mol. The number of carboxylic acids is 1. The number of carbonyl (C=O) groups is 2. The number of likely N-dealkylation sites (tertiary alicyclic amines) is 2. The molecule has 2 aliphatic rings. The van der Waals surface area contributed by atoms with Crippen LogP contribution in [0.15, 0.2) is 0 Å². The zero-order valence-corrected chi connectivity index (χ0v) is 12.7. The van der Waals surface area contributed by atoms with Gasteiger partial charge in [-0.3, -0.25) is 0 Å². The molecule has 0 radical (unpaired) electrons. The summed E-state index contributed by atoms with van der Waals surface area (Å²) in [4.78, 5) is 27.2. The van der Waals surface area contributed by atoms with Crippen molar-refractivity contribution in [1.82, 2.24) is 15.1 Å². The molecule has 2 fully saturated rings. The van der Waals surface area contributed by atoms with Gasteiger partial charge in [0.2, 0.25) is 0 Å². The van der Waals surface area contributed by atoms with E-state index in [1.807, 2.05) is 0 Å². The van der Waals surface area contributed by atoms with E-state index < -0.39 is 12.0 Å². The van der Waals surface area contributed by atoms with Crippen LogP contribution < -0.4 is 5.32 Å². The molecule has 0 aliphatic carbocycles. The Hall–Kier alpha value is -1.34. The SMILES string of the molecule is CCN1CCC(CNC(=O)N2CC(OC)CC2C(=O)O)C1. The predicted molar refractivity (Wildman–Crippen MR) is 77.2 cm³/mol. The van der Waals surface area contributed by atoms with Crippen molar-refractivity contribution in [2.24, 2.45) is 5.92 Å². The second-order valence-electron chi connectivity index (χ2n) is 5.83. The van der Waals surface area contributed by atoms with E-state index in [9.17, 15) is 14.7 Å². The minimum absolute atomic E-state index is 0.195. The van der Waals surface area contributed by atoms with Crippen molar-refractivity contribution in [2.45, 2.75) is 31.9 Å². The first-order chi connectivity index (χ1) is 10.0. The summed E-state index contributed by atoms with van der Waals surface area (Å²) in [7, 11) is 1.54. The highest BCUT2D eigenvalue weighted by Crippen LogP contribution is 2.21. The summed E-state index contributed by atoms with van der Waals surface area (Å²) in [6.45, 7) is 6.19. The second-order valence-corrected chi connectivity index (χ2v) is 5.83. The Labute approximate surface area is 125 Å². The lowest BCUT2D eigenvalue weighted by Gasteiger charge is -2.22. The summed E-state index contributed by atoms with van der Waals surface area (Å²) >= 11 is 0. The number of ether oxygens (including phenoxy) is 1.